The molecule has 2 aliphatic carbocycles. The van der Waals surface area contributed by atoms with Gasteiger partial charge in [-0.3, -0.25) is 4.79 Å². The van der Waals surface area contributed by atoms with Gasteiger partial charge in [-0.1, -0.05) is 6.92 Å². The van der Waals surface area contributed by atoms with Gasteiger partial charge in [-0.2, -0.15) is 0 Å². The van der Waals surface area contributed by atoms with Crippen LogP contribution in [0.1, 0.15) is 26.7 Å². The number of carbonyl (C=O) groups is 2. The van der Waals surface area contributed by atoms with Gasteiger partial charge in [0.2, 0.25) is 0 Å². The molecule has 2 heterocycles. The van der Waals surface area contributed by atoms with Crippen molar-refractivity contribution >= 4 is 11.9 Å². The monoisotopic (exact) mass is 328 g/mol. The van der Waals surface area contributed by atoms with Crippen molar-refractivity contribution in [3.05, 3.63) is 0 Å². The second-order valence-electron chi connectivity index (χ2n) is 7.62. The number of hydrogen-bond acceptors (Lipinski definition) is 8. The smallest absolute Gasteiger partial charge is 0.336 e. The van der Waals surface area contributed by atoms with Gasteiger partial charge in [-0.15, -0.1) is 0 Å². The molecule has 0 aromatic heterocycles. The lowest BCUT2D eigenvalue weighted by molar-refractivity contribution is -0.371. The normalized spacial score (nSPS) is 60.8. The Labute approximate surface area is 132 Å². The molecule has 4 N–H and O–H groups in total. The molecule has 2 saturated carbocycles. The van der Waals surface area contributed by atoms with Crippen molar-refractivity contribution in [3.8, 4) is 0 Å². The fourth-order valence-corrected chi connectivity index (χ4v) is 5.66. The highest BCUT2D eigenvalue weighted by Crippen LogP contribution is 2.72. The van der Waals surface area contributed by atoms with Crippen LogP contribution < -0.4 is 0 Å². The van der Waals surface area contributed by atoms with E-state index in [4.69, 9.17) is 9.47 Å². The summed E-state index contributed by atoms with van der Waals surface area (Å²) in [6.07, 6.45) is -4.06. The van der Waals surface area contributed by atoms with E-state index < -0.39 is 58.2 Å². The van der Waals surface area contributed by atoms with Gasteiger partial charge < -0.3 is 29.9 Å². The Kier molecular flexibility index (Phi) is 2.58. The number of cyclic esters (lactones) is 1. The summed E-state index contributed by atoms with van der Waals surface area (Å²) in [5.74, 6) is -2.25. The number of esters is 2. The summed E-state index contributed by atoms with van der Waals surface area (Å²) in [6, 6.07) is 0. The Hall–Kier alpha value is -1.22. The molecule has 4 rings (SSSR count). The van der Waals surface area contributed by atoms with Crippen LogP contribution in [-0.2, 0) is 19.1 Å². The number of carbonyl (C=O) groups excluding carboxylic acids is 2. The summed E-state index contributed by atoms with van der Waals surface area (Å²) in [4.78, 5) is 24.5. The first-order valence-electron chi connectivity index (χ1n) is 7.76. The molecule has 4 aliphatic rings. The van der Waals surface area contributed by atoms with Gasteiger partial charge in [0.1, 0.15) is 23.9 Å². The van der Waals surface area contributed by atoms with Crippen LogP contribution in [-0.4, -0.2) is 68.5 Å². The molecule has 2 saturated heterocycles. The molecule has 8 nitrogen and oxygen atoms in total. The van der Waals surface area contributed by atoms with Crippen molar-refractivity contribution in [2.45, 2.75) is 56.2 Å². The number of hydrogen-bond donors (Lipinski definition) is 4. The fraction of sp³-hybridized carbons (Fsp3) is 0.867. The quantitative estimate of drug-likeness (QED) is 0.379. The van der Waals surface area contributed by atoms with Gasteiger partial charge in [0.05, 0.1) is 6.10 Å². The summed E-state index contributed by atoms with van der Waals surface area (Å²) in [5.41, 5.74) is -7.39. The zero-order valence-electron chi connectivity index (χ0n) is 12.9. The van der Waals surface area contributed by atoms with Crippen molar-refractivity contribution in [1.29, 1.82) is 0 Å². The van der Waals surface area contributed by atoms with E-state index in [1.54, 1.807) is 6.92 Å². The third-order valence-corrected chi connectivity index (χ3v) is 7.05. The van der Waals surface area contributed by atoms with Gasteiger partial charge >= 0.3 is 11.9 Å². The van der Waals surface area contributed by atoms with Gasteiger partial charge in [0.25, 0.3) is 0 Å². The molecule has 2 bridgehead atoms. The molecule has 2 spiro atoms. The van der Waals surface area contributed by atoms with Gasteiger partial charge in [0, 0.05) is 5.41 Å². The molecular weight excluding hydrogens is 308 g/mol. The zero-order chi connectivity index (χ0) is 17.0. The van der Waals surface area contributed by atoms with E-state index in [2.05, 4.69) is 0 Å². The summed E-state index contributed by atoms with van der Waals surface area (Å²) in [5, 5.41) is 43.7. The highest BCUT2D eigenvalue weighted by Gasteiger charge is 2.89. The second kappa shape index (κ2) is 3.88. The average Bonchev–Trinajstić information content (AvgIpc) is 2.64. The summed E-state index contributed by atoms with van der Waals surface area (Å²) in [6.45, 7) is 2.71. The van der Waals surface area contributed by atoms with Crippen molar-refractivity contribution in [1.82, 2.24) is 0 Å². The molecule has 2 aliphatic heterocycles. The third kappa shape index (κ3) is 1.18. The minimum Gasteiger partial charge on any atom is -0.464 e. The maximum atomic E-state index is 12.4. The van der Waals surface area contributed by atoms with Crippen molar-refractivity contribution in [2.24, 2.45) is 16.7 Å². The van der Waals surface area contributed by atoms with Crippen LogP contribution in [0.5, 0.6) is 0 Å². The summed E-state index contributed by atoms with van der Waals surface area (Å²) in [7, 11) is 0. The number of aliphatic hydroxyl groups excluding tert-OH is 2. The molecule has 0 amide bonds. The zero-order valence-corrected chi connectivity index (χ0v) is 12.9. The lowest BCUT2D eigenvalue weighted by atomic mass is 9.42. The molecule has 0 aromatic carbocycles. The maximum absolute atomic E-state index is 12.4. The first-order valence-corrected chi connectivity index (χ1v) is 7.76. The number of ether oxygens (including phenoxy) is 2. The Morgan fingerprint density at radius 3 is 2.39 bits per heavy atom. The topological polar surface area (TPSA) is 134 Å². The molecule has 23 heavy (non-hydrogen) atoms. The van der Waals surface area contributed by atoms with Gasteiger partial charge in [0.15, 0.2) is 11.5 Å². The molecule has 8 atom stereocenters. The third-order valence-electron chi connectivity index (χ3n) is 7.05. The van der Waals surface area contributed by atoms with E-state index in [0.717, 1.165) is 0 Å². The maximum Gasteiger partial charge on any atom is 0.336 e. The second-order valence-corrected chi connectivity index (χ2v) is 7.62. The lowest BCUT2D eigenvalue weighted by Crippen LogP contribution is -2.87. The molecule has 0 unspecified atom stereocenters. The van der Waals surface area contributed by atoms with Crippen molar-refractivity contribution < 1.29 is 39.5 Å². The minimum atomic E-state index is -2.17. The van der Waals surface area contributed by atoms with E-state index in [0.29, 0.717) is 0 Å². The largest absolute Gasteiger partial charge is 0.464 e. The SMILES string of the molecule is C[C@@H]1C[C@@H](O)[C@@]2(O)[C@@]13C[C@@H](OC(=O)[C@@H]3O)[C@](C)(O)[C@@]21COC1=O. The van der Waals surface area contributed by atoms with Crippen LogP contribution in [0.4, 0.5) is 0 Å². The highest BCUT2D eigenvalue weighted by atomic mass is 16.6. The van der Waals surface area contributed by atoms with Crippen LogP contribution in [0.15, 0.2) is 0 Å². The van der Waals surface area contributed by atoms with Crippen molar-refractivity contribution in [2.75, 3.05) is 6.61 Å². The Balaban J connectivity index is 2.04. The van der Waals surface area contributed by atoms with Crippen LogP contribution >= 0.6 is 0 Å². The number of fused-ring (bicyclic) bond motifs is 2. The molecule has 0 radical (unpaired) electrons. The molecule has 128 valence electrons. The Morgan fingerprint density at radius 2 is 1.87 bits per heavy atom. The van der Waals surface area contributed by atoms with E-state index in [1.807, 2.05) is 0 Å². The Morgan fingerprint density at radius 1 is 1.22 bits per heavy atom. The molecular formula is C15H20O8. The Bertz CT molecular complexity index is 617. The van der Waals surface area contributed by atoms with Crippen LogP contribution in [0.25, 0.3) is 0 Å². The number of rotatable bonds is 0. The predicted octanol–water partition coefficient (Wildman–Crippen LogP) is -1.91. The van der Waals surface area contributed by atoms with E-state index in [9.17, 15) is 30.0 Å². The average molecular weight is 328 g/mol. The number of aliphatic hydroxyl groups is 4. The first kappa shape index (κ1) is 15.3. The first-order chi connectivity index (χ1) is 10.6. The predicted molar refractivity (Wildman–Crippen MR) is 71.7 cm³/mol. The molecule has 4 fully saturated rings. The summed E-state index contributed by atoms with van der Waals surface area (Å²) < 4.78 is 10.0. The van der Waals surface area contributed by atoms with Crippen LogP contribution in [0.2, 0.25) is 0 Å². The van der Waals surface area contributed by atoms with E-state index >= 15 is 0 Å². The van der Waals surface area contributed by atoms with Crippen LogP contribution in [0.3, 0.4) is 0 Å². The van der Waals surface area contributed by atoms with Crippen LogP contribution in [0, 0.1) is 16.7 Å². The van der Waals surface area contributed by atoms with E-state index in [-0.39, 0.29) is 19.4 Å². The highest BCUT2D eigenvalue weighted by molar-refractivity contribution is 5.88. The summed E-state index contributed by atoms with van der Waals surface area (Å²) >= 11 is 0. The van der Waals surface area contributed by atoms with E-state index in [1.165, 1.54) is 6.92 Å². The van der Waals surface area contributed by atoms with Gasteiger partial charge in [-0.05, 0) is 25.7 Å². The minimum absolute atomic E-state index is 0.0311. The van der Waals surface area contributed by atoms with Gasteiger partial charge in [-0.25, -0.2) is 4.79 Å². The lowest BCUT2D eigenvalue weighted by Gasteiger charge is -2.69. The van der Waals surface area contributed by atoms with Crippen molar-refractivity contribution in [3.63, 3.8) is 0 Å². The fourth-order valence-electron chi connectivity index (χ4n) is 5.66. The molecule has 0 aromatic rings. The molecule has 8 heteroatoms. The standard InChI is InChI=1S/C15H20O8/c1-6-3-7(16)15(21)13(6)4-8(23-10(18)9(13)17)12(2,20)14(15)5-22-11(14)19/h6-9,16-17,20-21H,3-5H2,1-2H3/t6-,7-,8-,9+,12+,13+,14+,15-/m1/s1.